The fourth-order valence-electron chi connectivity index (χ4n) is 1.68. The summed E-state index contributed by atoms with van der Waals surface area (Å²) in [5.74, 6) is -0.106. The average molecular weight is 265 g/mol. The molecule has 1 aromatic carbocycles. The molecule has 1 unspecified atom stereocenters. The minimum Gasteiger partial charge on any atom is -0.374 e. The van der Waals surface area contributed by atoms with Gasteiger partial charge in [0.2, 0.25) is 5.91 Å². The van der Waals surface area contributed by atoms with E-state index in [2.05, 4.69) is 10.6 Å². The molecule has 0 aliphatic carbocycles. The highest BCUT2D eigenvalue weighted by atomic mass is 16.6. The molecule has 0 radical (unpaired) electrons. The van der Waals surface area contributed by atoms with Crippen molar-refractivity contribution < 1.29 is 9.72 Å². The quantitative estimate of drug-likeness (QED) is 0.631. The van der Waals surface area contributed by atoms with Gasteiger partial charge in [0.05, 0.1) is 4.92 Å². The Balaban J connectivity index is 2.75. The zero-order valence-corrected chi connectivity index (χ0v) is 11.6. The number of nitro benzene ring substituents is 1. The van der Waals surface area contributed by atoms with Gasteiger partial charge in [-0.2, -0.15) is 0 Å². The predicted octanol–water partition coefficient (Wildman–Crippen LogP) is 2.23. The summed E-state index contributed by atoms with van der Waals surface area (Å²) in [6.45, 7) is 7.19. The highest BCUT2D eigenvalue weighted by Gasteiger charge is 2.15. The number of carbonyl (C=O) groups excluding carboxylic acids is 1. The van der Waals surface area contributed by atoms with Crippen LogP contribution in [-0.2, 0) is 4.79 Å². The van der Waals surface area contributed by atoms with Gasteiger partial charge in [-0.25, -0.2) is 0 Å². The van der Waals surface area contributed by atoms with Gasteiger partial charge >= 0.3 is 0 Å². The van der Waals surface area contributed by atoms with Crippen molar-refractivity contribution in [3.05, 3.63) is 33.9 Å². The highest BCUT2D eigenvalue weighted by Crippen LogP contribution is 2.21. The van der Waals surface area contributed by atoms with E-state index in [1.54, 1.807) is 26.0 Å². The minimum absolute atomic E-state index is 0.0739. The van der Waals surface area contributed by atoms with Crippen LogP contribution in [0.15, 0.2) is 18.2 Å². The molecule has 19 heavy (non-hydrogen) atoms. The Morgan fingerprint density at radius 2 is 1.95 bits per heavy atom. The first-order valence-electron chi connectivity index (χ1n) is 6.13. The number of aryl methyl sites for hydroxylation is 1. The molecule has 2 N–H and O–H groups in total. The van der Waals surface area contributed by atoms with Crippen LogP contribution in [0.5, 0.6) is 0 Å². The SMILES string of the molecule is Cc1cc(NC(C)C(=O)NC(C)C)ccc1[N+](=O)[O-]. The summed E-state index contributed by atoms with van der Waals surface area (Å²) in [5.41, 5.74) is 1.32. The van der Waals surface area contributed by atoms with Crippen LogP contribution in [0.1, 0.15) is 26.3 Å². The van der Waals surface area contributed by atoms with Crippen molar-refractivity contribution in [3.8, 4) is 0 Å². The highest BCUT2D eigenvalue weighted by molar-refractivity contribution is 5.84. The summed E-state index contributed by atoms with van der Waals surface area (Å²) < 4.78 is 0. The zero-order valence-electron chi connectivity index (χ0n) is 11.6. The molecule has 0 aliphatic heterocycles. The molecular formula is C13H19N3O3. The number of nitrogens with zero attached hydrogens (tertiary/aromatic N) is 1. The first-order valence-corrected chi connectivity index (χ1v) is 6.13. The van der Waals surface area contributed by atoms with Crippen molar-refractivity contribution in [1.29, 1.82) is 0 Å². The number of anilines is 1. The summed E-state index contributed by atoms with van der Waals surface area (Å²) in [5, 5.41) is 16.5. The van der Waals surface area contributed by atoms with E-state index in [0.717, 1.165) is 0 Å². The molecule has 6 nitrogen and oxygen atoms in total. The summed E-state index contributed by atoms with van der Waals surface area (Å²) in [6.07, 6.45) is 0. The number of amides is 1. The van der Waals surface area contributed by atoms with Crippen molar-refractivity contribution in [2.75, 3.05) is 5.32 Å². The van der Waals surface area contributed by atoms with E-state index in [0.29, 0.717) is 11.3 Å². The molecule has 0 heterocycles. The molecule has 1 rings (SSSR count). The second-order valence-corrected chi connectivity index (χ2v) is 4.79. The fraction of sp³-hybridized carbons (Fsp3) is 0.462. The molecule has 0 spiro atoms. The lowest BCUT2D eigenvalue weighted by Gasteiger charge is -2.17. The first kappa shape index (κ1) is 14.9. The van der Waals surface area contributed by atoms with E-state index >= 15 is 0 Å². The van der Waals surface area contributed by atoms with Crippen molar-refractivity contribution in [3.63, 3.8) is 0 Å². The number of carbonyl (C=O) groups is 1. The lowest BCUT2D eigenvalue weighted by molar-refractivity contribution is -0.385. The van der Waals surface area contributed by atoms with Crippen LogP contribution in [0.3, 0.4) is 0 Å². The van der Waals surface area contributed by atoms with Crippen molar-refractivity contribution in [2.24, 2.45) is 0 Å². The van der Waals surface area contributed by atoms with Crippen molar-refractivity contribution in [1.82, 2.24) is 5.32 Å². The van der Waals surface area contributed by atoms with E-state index in [9.17, 15) is 14.9 Å². The number of hydrogen-bond donors (Lipinski definition) is 2. The molecular weight excluding hydrogens is 246 g/mol. The lowest BCUT2D eigenvalue weighted by Crippen LogP contribution is -2.40. The van der Waals surface area contributed by atoms with Crippen LogP contribution < -0.4 is 10.6 Å². The monoisotopic (exact) mass is 265 g/mol. The van der Waals surface area contributed by atoms with Gasteiger partial charge < -0.3 is 10.6 Å². The van der Waals surface area contributed by atoms with E-state index in [-0.39, 0.29) is 17.6 Å². The minimum atomic E-state index is -0.423. The second-order valence-electron chi connectivity index (χ2n) is 4.79. The van der Waals surface area contributed by atoms with Crippen LogP contribution in [0, 0.1) is 17.0 Å². The van der Waals surface area contributed by atoms with Gasteiger partial charge in [0.25, 0.3) is 5.69 Å². The largest absolute Gasteiger partial charge is 0.374 e. The Labute approximate surface area is 112 Å². The maximum absolute atomic E-state index is 11.7. The van der Waals surface area contributed by atoms with Crippen LogP contribution in [0.4, 0.5) is 11.4 Å². The lowest BCUT2D eigenvalue weighted by atomic mass is 10.1. The van der Waals surface area contributed by atoms with E-state index in [1.165, 1.54) is 6.07 Å². The van der Waals surface area contributed by atoms with Gasteiger partial charge in [-0.3, -0.25) is 14.9 Å². The van der Waals surface area contributed by atoms with E-state index < -0.39 is 11.0 Å². The van der Waals surface area contributed by atoms with Crippen LogP contribution in [0.2, 0.25) is 0 Å². The number of rotatable bonds is 5. The molecule has 104 valence electrons. The maximum Gasteiger partial charge on any atom is 0.272 e. The number of nitro groups is 1. The zero-order chi connectivity index (χ0) is 14.6. The predicted molar refractivity (Wildman–Crippen MR) is 74.2 cm³/mol. The Kier molecular flexibility index (Phi) is 4.86. The van der Waals surface area contributed by atoms with Crippen LogP contribution >= 0.6 is 0 Å². The smallest absolute Gasteiger partial charge is 0.272 e. The topological polar surface area (TPSA) is 84.3 Å². The Bertz CT molecular complexity index is 486. The molecule has 0 saturated heterocycles. The Hall–Kier alpha value is -2.11. The van der Waals surface area contributed by atoms with Gasteiger partial charge in [0, 0.05) is 23.4 Å². The first-order chi connectivity index (χ1) is 8.81. The van der Waals surface area contributed by atoms with Crippen LogP contribution in [0.25, 0.3) is 0 Å². The normalized spacial score (nSPS) is 12.1. The van der Waals surface area contributed by atoms with Crippen molar-refractivity contribution >= 4 is 17.3 Å². The standard InChI is InChI=1S/C13H19N3O3/c1-8(2)14-13(17)10(4)15-11-5-6-12(16(18)19)9(3)7-11/h5-8,10,15H,1-4H3,(H,14,17). The molecule has 0 aliphatic rings. The van der Waals surface area contributed by atoms with Crippen molar-refractivity contribution in [2.45, 2.75) is 39.8 Å². The van der Waals surface area contributed by atoms with E-state index in [1.807, 2.05) is 13.8 Å². The van der Waals surface area contributed by atoms with Gasteiger partial charge in [-0.1, -0.05) is 0 Å². The summed E-state index contributed by atoms with van der Waals surface area (Å²) in [6, 6.07) is 4.38. The molecule has 1 atom stereocenters. The molecule has 6 heteroatoms. The van der Waals surface area contributed by atoms with Gasteiger partial charge in [-0.05, 0) is 39.8 Å². The van der Waals surface area contributed by atoms with Crippen LogP contribution in [-0.4, -0.2) is 22.9 Å². The fourth-order valence-corrected chi connectivity index (χ4v) is 1.68. The average Bonchev–Trinajstić information content (AvgIpc) is 2.27. The molecule has 0 saturated carbocycles. The molecule has 0 bridgehead atoms. The molecule has 1 amide bonds. The van der Waals surface area contributed by atoms with Gasteiger partial charge in [-0.15, -0.1) is 0 Å². The Morgan fingerprint density at radius 3 is 2.42 bits per heavy atom. The Morgan fingerprint density at radius 1 is 1.32 bits per heavy atom. The summed E-state index contributed by atoms with van der Waals surface area (Å²) in [7, 11) is 0. The van der Waals surface area contributed by atoms with E-state index in [4.69, 9.17) is 0 Å². The number of nitrogens with one attached hydrogen (secondary N) is 2. The molecule has 0 aromatic heterocycles. The summed E-state index contributed by atoms with van der Waals surface area (Å²) >= 11 is 0. The molecule has 0 fully saturated rings. The third-order valence-electron chi connectivity index (χ3n) is 2.60. The number of hydrogen-bond acceptors (Lipinski definition) is 4. The third-order valence-corrected chi connectivity index (χ3v) is 2.60. The molecule has 1 aromatic rings. The number of benzene rings is 1. The van der Waals surface area contributed by atoms with Gasteiger partial charge in [0.15, 0.2) is 0 Å². The van der Waals surface area contributed by atoms with Gasteiger partial charge in [0.1, 0.15) is 6.04 Å². The maximum atomic E-state index is 11.7. The second kappa shape index (κ2) is 6.17. The third kappa shape index (κ3) is 4.24. The summed E-state index contributed by atoms with van der Waals surface area (Å²) in [4.78, 5) is 22.0.